The number of urea groups is 1. The molecule has 3 N–H and O–H groups in total. The SMILES string of the molecule is CC(=O)Nc1nnc(S(=O)(=O)NC(=O)NC[C@@H]2C[C@H]2[N+](=O)[O-])s1. The van der Waals surface area contributed by atoms with Crippen molar-refractivity contribution < 1.29 is 22.9 Å². The van der Waals surface area contributed by atoms with Crippen LogP contribution >= 0.6 is 11.3 Å². The third-order valence-corrected chi connectivity index (χ3v) is 5.36. The van der Waals surface area contributed by atoms with Gasteiger partial charge in [-0.05, 0) is 0 Å². The largest absolute Gasteiger partial charge is 0.337 e. The lowest BCUT2D eigenvalue weighted by atomic mass is 10.4. The van der Waals surface area contributed by atoms with Gasteiger partial charge in [0.1, 0.15) is 0 Å². The lowest BCUT2D eigenvalue weighted by Crippen LogP contribution is -2.40. The third kappa shape index (κ3) is 4.56. The van der Waals surface area contributed by atoms with E-state index in [1.54, 1.807) is 4.72 Å². The Morgan fingerprint density at radius 3 is 2.70 bits per heavy atom. The van der Waals surface area contributed by atoms with E-state index < -0.39 is 37.3 Å². The molecule has 1 heterocycles. The first-order chi connectivity index (χ1) is 10.7. The van der Waals surface area contributed by atoms with Gasteiger partial charge in [0.25, 0.3) is 14.4 Å². The molecule has 1 aromatic heterocycles. The van der Waals surface area contributed by atoms with Gasteiger partial charge in [0.15, 0.2) is 0 Å². The molecule has 0 unspecified atom stereocenters. The van der Waals surface area contributed by atoms with E-state index in [0.29, 0.717) is 17.8 Å². The van der Waals surface area contributed by atoms with Crippen LogP contribution in [0.15, 0.2) is 4.34 Å². The number of amides is 3. The van der Waals surface area contributed by atoms with Gasteiger partial charge in [-0.1, -0.05) is 11.3 Å². The molecular formula is C9H12N6O6S2. The van der Waals surface area contributed by atoms with E-state index >= 15 is 0 Å². The zero-order valence-corrected chi connectivity index (χ0v) is 13.3. The average Bonchev–Trinajstić information content (AvgIpc) is 3.06. The molecule has 0 saturated heterocycles. The number of hydrogen-bond acceptors (Lipinski definition) is 9. The van der Waals surface area contributed by atoms with Crippen molar-refractivity contribution in [1.82, 2.24) is 20.2 Å². The van der Waals surface area contributed by atoms with E-state index in [1.807, 2.05) is 0 Å². The number of carbonyl (C=O) groups is 2. The molecule has 1 aliphatic rings. The fourth-order valence-corrected chi connectivity index (χ4v) is 3.53. The van der Waals surface area contributed by atoms with Crippen LogP contribution in [0.5, 0.6) is 0 Å². The first kappa shape index (κ1) is 17.0. The molecular weight excluding hydrogens is 352 g/mol. The molecule has 0 bridgehead atoms. The fraction of sp³-hybridized carbons (Fsp3) is 0.556. The van der Waals surface area contributed by atoms with Crippen molar-refractivity contribution in [2.45, 2.75) is 23.7 Å². The zero-order valence-electron chi connectivity index (χ0n) is 11.7. The summed E-state index contributed by atoms with van der Waals surface area (Å²) in [6.45, 7) is 1.22. The summed E-state index contributed by atoms with van der Waals surface area (Å²) < 4.78 is 25.0. The molecule has 0 spiro atoms. The van der Waals surface area contributed by atoms with Gasteiger partial charge in [-0.15, -0.1) is 10.2 Å². The Bertz CT molecular complexity index is 745. The number of rotatable bonds is 6. The Hall–Kier alpha value is -2.35. The molecule has 1 aromatic rings. The van der Waals surface area contributed by atoms with E-state index in [2.05, 4.69) is 20.8 Å². The Balaban J connectivity index is 1.88. The van der Waals surface area contributed by atoms with Crippen LogP contribution in [-0.2, 0) is 14.8 Å². The van der Waals surface area contributed by atoms with Crippen LogP contribution in [0, 0.1) is 16.0 Å². The third-order valence-electron chi connectivity index (χ3n) is 2.83. The molecule has 1 fully saturated rings. The molecule has 12 nitrogen and oxygen atoms in total. The molecule has 1 aliphatic carbocycles. The second kappa shape index (κ2) is 6.41. The van der Waals surface area contributed by atoms with E-state index in [0.717, 1.165) is 0 Å². The van der Waals surface area contributed by atoms with Crippen LogP contribution in [0.25, 0.3) is 0 Å². The summed E-state index contributed by atoms with van der Waals surface area (Å²) in [6.07, 6.45) is 0.344. The maximum absolute atomic E-state index is 11.9. The van der Waals surface area contributed by atoms with Crippen molar-refractivity contribution in [2.24, 2.45) is 5.92 Å². The van der Waals surface area contributed by atoms with Gasteiger partial charge >= 0.3 is 6.03 Å². The van der Waals surface area contributed by atoms with Gasteiger partial charge in [0, 0.05) is 24.8 Å². The van der Waals surface area contributed by atoms with E-state index in [1.165, 1.54) is 6.92 Å². The number of aromatic nitrogens is 2. The van der Waals surface area contributed by atoms with Gasteiger partial charge in [-0.3, -0.25) is 14.9 Å². The number of nitrogens with one attached hydrogen (secondary N) is 3. The summed E-state index contributed by atoms with van der Waals surface area (Å²) in [5.74, 6) is -0.744. The van der Waals surface area contributed by atoms with Gasteiger partial charge in [-0.25, -0.2) is 9.52 Å². The summed E-state index contributed by atoms with van der Waals surface area (Å²) in [5, 5.41) is 21.8. The van der Waals surface area contributed by atoms with E-state index in [9.17, 15) is 28.1 Å². The molecule has 3 amide bonds. The highest BCUT2D eigenvalue weighted by Crippen LogP contribution is 2.32. The van der Waals surface area contributed by atoms with Crippen molar-refractivity contribution in [2.75, 3.05) is 11.9 Å². The molecule has 0 radical (unpaired) electrons. The van der Waals surface area contributed by atoms with Crippen molar-refractivity contribution >= 4 is 38.4 Å². The van der Waals surface area contributed by atoms with Crippen LogP contribution in [0.3, 0.4) is 0 Å². The van der Waals surface area contributed by atoms with Crippen molar-refractivity contribution in [3.8, 4) is 0 Å². The summed E-state index contributed by atoms with van der Waals surface area (Å²) in [6, 6.07) is -1.72. The predicted octanol–water partition coefficient (Wildman–Crippen LogP) is -0.850. The van der Waals surface area contributed by atoms with Crippen LogP contribution in [0.1, 0.15) is 13.3 Å². The fourth-order valence-electron chi connectivity index (χ4n) is 1.65. The second-order valence-corrected chi connectivity index (χ2v) is 7.55. The molecule has 2 atom stereocenters. The summed E-state index contributed by atoms with van der Waals surface area (Å²) in [5.41, 5.74) is 0. The second-order valence-electron chi connectivity index (χ2n) is 4.72. The standard InChI is InChI=1S/C9H12N6O6S2/c1-4(16)11-8-12-13-9(22-8)23(20,21)14-7(17)10-3-5-2-6(5)15(18)19/h5-6H,2-3H2,1H3,(H2,10,14,17)(H,11,12,16)/t5-,6+/m0/s1. The maximum atomic E-state index is 11.9. The smallest absolute Gasteiger partial charge is 0.328 e. The molecule has 0 aromatic carbocycles. The highest BCUT2D eigenvalue weighted by molar-refractivity contribution is 7.92. The lowest BCUT2D eigenvalue weighted by Gasteiger charge is -2.05. The lowest BCUT2D eigenvalue weighted by molar-refractivity contribution is -0.498. The van der Waals surface area contributed by atoms with Crippen LogP contribution in [-0.4, -0.2) is 48.1 Å². The van der Waals surface area contributed by atoms with E-state index in [4.69, 9.17) is 0 Å². The van der Waals surface area contributed by atoms with Gasteiger partial charge in [0.2, 0.25) is 17.1 Å². The molecule has 2 rings (SSSR count). The number of nitro groups is 1. The number of carbonyl (C=O) groups excluding carboxylic acids is 2. The van der Waals surface area contributed by atoms with Crippen LogP contribution in [0.2, 0.25) is 0 Å². The first-order valence-corrected chi connectivity index (χ1v) is 8.54. The minimum Gasteiger partial charge on any atom is -0.337 e. The Morgan fingerprint density at radius 1 is 1.43 bits per heavy atom. The van der Waals surface area contributed by atoms with Crippen molar-refractivity contribution in [3.05, 3.63) is 10.1 Å². The van der Waals surface area contributed by atoms with Crippen LogP contribution in [0.4, 0.5) is 9.93 Å². The maximum Gasteiger partial charge on any atom is 0.328 e. The van der Waals surface area contributed by atoms with Crippen molar-refractivity contribution in [1.29, 1.82) is 0 Å². The molecule has 14 heteroatoms. The summed E-state index contributed by atoms with van der Waals surface area (Å²) in [4.78, 5) is 32.4. The average molecular weight is 364 g/mol. The zero-order chi connectivity index (χ0) is 17.2. The summed E-state index contributed by atoms with van der Waals surface area (Å²) >= 11 is 0.577. The number of anilines is 1. The summed E-state index contributed by atoms with van der Waals surface area (Å²) in [7, 11) is -4.23. The normalized spacial score (nSPS) is 19.7. The number of sulfonamides is 1. The monoisotopic (exact) mass is 364 g/mol. The molecule has 1 saturated carbocycles. The number of nitrogens with zero attached hydrogens (tertiary/aromatic N) is 3. The van der Waals surface area contributed by atoms with Crippen molar-refractivity contribution in [3.63, 3.8) is 0 Å². The quantitative estimate of drug-likeness (QED) is 0.332. The molecule has 0 aliphatic heterocycles. The highest BCUT2D eigenvalue weighted by atomic mass is 32.2. The molecule has 126 valence electrons. The first-order valence-electron chi connectivity index (χ1n) is 6.24. The Labute approximate surface area is 133 Å². The van der Waals surface area contributed by atoms with Crippen LogP contribution < -0.4 is 15.4 Å². The topological polar surface area (TPSA) is 173 Å². The Kier molecular flexibility index (Phi) is 4.74. The predicted molar refractivity (Wildman–Crippen MR) is 76.8 cm³/mol. The minimum absolute atomic E-state index is 0.000259. The minimum atomic E-state index is -4.23. The number of hydrogen-bond donors (Lipinski definition) is 3. The van der Waals surface area contributed by atoms with Gasteiger partial charge < -0.3 is 10.6 Å². The molecule has 23 heavy (non-hydrogen) atoms. The van der Waals surface area contributed by atoms with Gasteiger partial charge in [0.05, 0.1) is 5.92 Å². The Morgan fingerprint density at radius 2 is 2.13 bits per heavy atom. The van der Waals surface area contributed by atoms with Gasteiger partial charge in [-0.2, -0.15) is 8.42 Å². The highest BCUT2D eigenvalue weighted by Gasteiger charge is 2.48. The van der Waals surface area contributed by atoms with E-state index in [-0.39, 0.29) is 17.6 Å².